The van der Waals surface area contributed by atoms with Crippen molar-refractivity contribution >= 4 is 33.0 Å². The lowest BCUT2D eigenvalue weighted by molar-refractivity contribution is 0.102. The highest BCUT2D eigenvalue weighted by atomic mass is 32.2. The van der Waals surface area contributed by atoms with E-state index >= 15 is 0 Å². The van der Waals surface area contributed by atoms with Gasteiger partial charge in [-0.15, -0.1) is 0 Å². The highest BCUT2D eigenvalue weighted by Crippen LogP contribution is 2.30. The lowest BCUT2D eigenvalue weighted by Gasteiger charge is -2.28. The first-order chi connectivity index (χ1) is 15.2. The molecular formula is C25H27N3O3S. The minimum atomic E-state index is -3.22. The number of sulfonamides is 1. The summed E-state index contributed by atoms with van der Waals surface area (Å²) in [6.07, 6.45) is 1.88. The maximum Gasteiger partial charge on any atom is 0.256 e. The predicted octanol–water partition coefficient (Wildman–Crippen LogP) is 4.62. The van der Waals surface area contributed by atoms with Crippen molar-refractivity contribution in [2.45, 2.75) is 26.8 Å². The number of carbonyl (C=O) groups is 1. The minimum absolute atomic E-state index is 0.158. The molecule has 0 saturated heterocycles. The van der Waals surface area contributed by atoms with Gasteiger partial charge in [-0.3, -0.25) is 4.79 Å². The van der Waals surface area contributed by atoms with Crippen molar-refractivity contribution in [1.82, 2.24) is 4.31 Å². The van der Waals surface area contributed by atoms with Crippen LogP contribution in [0.3, 0.4) is 0 Å². The van der Waals surface area contributed by atoms with E-state index in [0.717, 1.165) is 39.3 Å². The summed E-state index contributed by atoms with van der Waals surface area (Å²) in [6, 6.07) is 19.3. The van der Waals surface area contributed by atoms with Gasteiger partial charge in [0, 0.05) is 35.7 Å². The van der Waals surface area contributed by atoms with E-state index < -0.39 is 10.0 Å². The lowest BCUT2D eigenvalue weighted by Crippen LogP contribution is -2.35. The van der Waals surface area contributed by atoms with Crippen LogP contribution < -0.4 is 10.6 Å². The van der Waals surface area contributed by atoms with Gasteiger partial charge in [-0.05, 0) is 67.3 Å². The second-order valence-corrected chi connectivity index (χ2v) is 10.2. The van der Waals surface area contributed by atoms with Gasteiger partial charge in [0.25, 0.3) is 5.91 Å². The van der Waals surface area contributed by atoms with Gasteiger partial charge >= 0.3 is 0 Å². The number of rotatable bonds is 5. The molecule has 0 fully saturated rings. The first-order valence-electron chi connectivity index (χ1n) is 10.5. The molecule has 1 amide bonds. The molecule has 4 rings (SSSR count). The highest BCUT2D eigenvalue weighted by Gasteiger charge is 2.24. The fourth-order valence-electron chi connectivity index (χ4n) is 3.92. The zero-order chi connectivity index (χ0) is 22.9. The number of nitrogens with zero attached hydrogens (tertiary/aromatic N) is 1. The minimum Gasteiger partial charge on any atom is -0.355 e. The fourth-order valence-corrected chi connectivity index (χ4v) is 4.72. The molecule has 0 aliphatic carbocycles. The van der Waals surface area contributed by atoms with E-state index in [2.05, 4.69) is 10.6 Å². The normalized spacial score (nSPS) is 14.0. The van der Waals surface area contributed by atoms with Gasteiger partial charge in [0.05, 0.1) is 6.26 Å². The number of aryl methyl sites for hydroxylation is 2. The van der Waals surface area contributed by atoms with Gasteiger partial charge in [-0.25, -0.2) is 8.42 Å². The Morgan fingerprint density at radius 1 is 0.969 bits per heavy atom. The van der Waals surface area contributed by atoms with Crippen molar-refractivity contribution < 1.29 is 13.2 Å². The van der Waals surface area contributed by atoms with Crippen LogP contribution in [-0.2, 0) is 23.0 Å². The molecule has 0 saturated carbocycles. The molecule has 3 aromatic rings. The molecule has 1 heterocycles. The van der Waals surface area contributed by atoms with Crippen LogP contribution in [-0.4, -0.2) is 31.4 Å². The maximum absolute atomic E-state index is 12.9. The summed E-state index contributed by atoms with van der Waals surface area (Å²) in [5, 5.41) is 6.39. The van der Waals surface area contributed by atoms with Crippen molar-refractivity contribution in [3.8, 4) is 0 Å². The second kappa shape index (κ2) is 8.76. The molecule has 166 valence electrons. The summed E-state index contributed by atoms with van der Waals surface area (Å²) in [5.41, 5.74) is 7.23. The van der Waals surface area contributed by atoms with Crippen LogP contribution in [0.4, 0.5) is 17.1 Å². The van der Waals surface area contributed by atoms with E-state index in [4.69, 9.17) is 0 Å². The summed E-state index contributed by atoms with van der Waals surface area (Å²) >= 11 is 0. The molecular weight excluding hydrogens is 422 g/mol. The van der Waals surface area contributed by atoms with Crippen LogP contribution in [0.2, 0.25) is 0 Å². The molecule has 0 spiro atoms. The van der Waals surface area contributed by atoms with Gasteiger partial charge in [0.2, 0.25) is 10.0 Å². The second-order valence-electron chi connectivity index (χ2n) is 8.26. The first kappa shape index (κ1) is 22.0. The lowest BCUT2D eigenvalue weighted by atomic mass is 9.98. The van der Waals surface area contributed by atoms with Crippen LogP contribution in [0.5, 0.6) is 0 Å². The first-order valence-corrected chi connectivity index (χ1v) is 12.4. The van der Waals surface area contributed by atoms with Crippen molar-refractivity contribution in [2.75, 3.05) is 23.4 Å². The molecule has 32 heavy (non-hydrogen) atoms. The molecule has 0 unspecified atom stereocenters. The fraction of sp³-hybridized carbons (Fsp3) is 0.240. The number of nitrogens with one attached hydrogen (secondary N) is 2. The largest absolute Gasteiger partial charge is 0.355 e. The average Bonchev–Trinajstić information content (AvgIpc) is 2.76. The van der Waals surface area contributed by atoms with Crippen LogP contribution in [0.1, 0.15) is 32.6 Å². The Labute approximate surface area is 189 Å². The summed E-state index contributed by atoms with van der Waals surface area (Å²) in [5.74, 6) is -0.158. The number of hydrogen-bond acceptors (Lipinski definition) is 4. The molecule has 0 aromatic heterocycles. The maximum atomic E-state index is 12.9. The summed E-state index contributed by atoms with van der Waals surface area (Å²) in [4.78, 5) is 12.9. The van der Waals surface area contributed by atoms with Gasteiger partial charge in [-0.1, -0.05) is 35.9 Å². The Balaban J connectivity index is 1.56. The molecule has 2 N–H and O–H groups in total. The van der Waals surface area contributed by atoms with Gasteiger partial charge in [0.1, 0.15) is 0 Å². The number of carbonyl (C=O) groups excluding carboxylic acids is 1. The Bertz CT molecular complexity index is 1270. The summed E-state index contributed by atoms with van der Waals surface area (Å²) < 4.78 is 25.3. The SMILES string of the molecule is Cc1ccc(NC(=O)c2cc(Nc3cccc4c3CCN(S(C)(=O)=O)C4)ccc2C)cc1. The number of benzene rings is 3. The number of hydrogen-bond donors (Lipinski definition) is 2. The van der Waals surface area contributed by atoms with Gasteiger partial charge < -0.3 is 10.6 Å². The quantitative estimate of drug-likeness (QED) is 0.596. The standard InChI is InChI=1S/C25H27N3O3S/c1-17-7-10-20(11-8-17)27-25(29)23-15-21(12-9-18(23)2)26-24-6-4-5-19-16-28(32(3,30)31)14-13-22(19)24/h4-12,15,26H,13-14,16H2,1-3H3,(H,27,29). The molecule has 0 bridgehead atoms. The van der Waals surface area contributed by atoms with Gasteiger partial charge in [-0.2, -0.15) is 4.31 Å². The predicted molar refractivity (Wildman–Crippen MR) is 129 cm³/mol. The topological polar surface area (TPSA) is 78.5 Å². The van der Waals surface area contributed by atoms with E-state index in [1.165, 1.54) is 10.6 Å². The van der Waals surface area contributed by atoms with Crippen molar-refractivity contribution in [3.63, 3.8) is 0 Å². The smallest absolute Gasteiger partial charge is 0.256 e. The third-order valence-corrected chi connectivity index (χ3v) is 7.02. The zero-order valence-electron chi connectivity index (χ0n) is 18.5. The van der Waals surface area contributed by atoms with Crippen molar-refractivity contribution in [2.24, 2.45) is 0 Å². The molecule has 1 aliphatic rings. The summed E-state index contributed by atoms with van der Waals surface area (Å²) in [7, 11) is -3.22. The number of fused-ring (bicyclic) bond motifs is 1. The van der Waals surface area contributed by atoms with Crippen molar-refractivity contribution in [3.05, 3.63) is 88.5 Å². The molecule has 0 atom stereocenters. The van der Waals surface area contributed by atoms with Crippen LogP contribution in [0.15, 0.2) is 60.7 Å². The molecule has 3 aromatic carbocycles. The van der Waals surface area contributed by atoms with Crippen LogP contribution >= 0.6 is 0 Å². The third kappa shape index (κ3) is 4.84. The van der Waals surface area contributed by atoms with Gasteiger partial charge in [0.15, 0.2) is 0 Å². The molecule has 6 nitrogen and oxygen atoms in total. The monoisotopic (exact) mass is 449 g/mol. The Kier molecular flexibility index (Phi) is 6.04. The summed E-state index contributed by atoms with van der Waals surface area (Å²) in [6.45, 7) is 4.76. The Morgan fingerprint density at radius 3 is 2.41 bits per heavy atom. The Morgan fingerprint density at radius 2 is 1.69 bits per heavy atom. The zero-order valence-corrected chi connectivity index (χ0v) is 19.3. The third-order valence-electron chi connectivity index (χ3n) is 5.77. The molecule has 1 aliphatic heterocycles. The van der Waals surface area contributed by atoms with Crippen molar-refractivity contribution in [1.29, 1.82) is 0 Å². The van der Waals surface area contributed by atoms with Crippen LogP contribution in [0, 0.1) is 13.8 Å². The highest BCUT2D eigenvalue weighted by molar-refractivity contribution is 7.88. The van der Waals surface area contributed by atoms with E-state index in [1.54, 1.807) is 0 Å². The molecule has 0 radical (unpaired) electrons. The Hall–Kier alpha value is -3.16. The number of anilines is 3. The van der Waals surface area contributed by atoms with E-state index in [1.807, 2.05) is 74.5 Å². The number of amides is 1. The van der Waals surface area contributed by atoms with E-state index in [-0.39, 0.29) is 5.91 Å². The average molecular weight is 450 g/mol. The van der Waals surface area contributed by atoms with E-state index in [0.29, 0.717) is 25.1 Å². The van der Waals surface area contributed by atoms with E-state index in [9.17, 15) is 13.2 Å². The van der Waals surface area contributed by atoms with Crippen LogP contribution in [0.25, 0.3) is 0 Å². The molecule has 7 heteroatoms.